The standard InChI is InChI=1S/C30H30FN3O/c1-2-27(24-11-7-4-8-12-24)29-18-13-23(20-33-29)21-34(26-16-14-25(31)15-17-26)30(35)28(32)19-22-9-5-3-6-10-22/h3-18,20,27-28H,2,19,21,32H2,1H3. The average Bonchev–Trinajstić information content (AvgIpc) is 2.90. The quantitative estimate of drug-likeness (QED) is 0.335. The summed E-state index contributed by atoms with van der Waals surface area (Å²) >= 11 is 0. The number of carbonyl (C=O) groups excluding carboxylic acids is 1. The van der Waals surface area contributed by atoms with E-state index in [1.807, 2.05) is 66.9 Å². The van der Waals surface area contributed by atoms with E-state index in [0.29, 0.717) is 18.7 Å². The van der Waals surface area contributed by atoms with E-state index in [4.69, 9.17) is 10.7 Å². The van der Waals surface area contributed by atoms with E-state index in [1.54, 1.807) is 17.0 Å². The van der Waals surface area contributed by atoms with Crippen molar-refractivity contribution in [1.29, 1.82) is 0 Å². The topological polar surface area (TPSA) is 59.2 Å². The summed E-state index contributed by atoms with van der Waals surface area (Å²) < 4.78 is 13.6. The van der Waals surface area contributed by atoms with E-state index in [9.17, 15) is 9.18 Å². The van der Waals surface area contributed by atoms with Crippen molar-refractivity contribution in [2.45, 2.75) is 38.3 Å². The van der Waals surface area contributed by atoms with E-state index < -0.39 is 6.04 Å². The number of nitrogens with two attached hydrogens (primary N) is 1. The number of carbonyl (C=O) groups is 1. The first-order valence-electron chi connectivity index (χ1n) is 11.9. The number of hydrogen-bond donors (Lipinski definition) is 1. The van der Waals surface area contributed by atoms with Gasteiger partial charge < -0.3 is 10.6 Å². The fraction of sp³-hybridized carbons (Fsp3) is 0.200. The molecule has 0 bridgehead atoms. The van der Waals surface area contributed by atoms with Crippen LogP contribution in [0.15, 0.2) is 103 Å². The van der Waals surface area contributed by atoms with E-state index in [0.717, 1.165) is 23.2 Å². The molecule has 4 aromatic rings. The summed E-state index contributed by atoms with van der Waals surface area (Å²) in [6.07, 6.45) is 3.17. The van der Waals surface area contributed by atoms with Crippen LogP contribution in [0.2, 0.25) is 0 Å². The lowest BCUT2D eigenvalue weighted by Gasteiger charge is -2.26. The van der Waals surface area contributed by atoms with Gasteiger partial charge in [0, 0.05) is 23.5 Å². The number of pyridine rings is 1. The molecule has 5 heteroatoms. The maximum Gasteiger partial charge on any atom is 0.244 e. The first-order valence-corrected chi connectivity index (χ1v) is 11.9. The summed E-state index contributed by atoms with van der Waals surface area (Å²) in [7, 11) is 0. The highest BCUT2D eigenvalue weighted by atomic mass is 19.1. The van der Waals surface area contributed by atoms with Crippen LogP contribution in [0.3, 0.4) is 0 Å². The number of hydrogen-bond acceptors (Lipinski definition) is 3. The fourth-order valence-electron chi connectivity index (χ4n) is 4.29. The van der Waals surface area contributed by atoms with Gasteiger partial charge in [0.15, 0.2) is 0 Å². The van der Waals surface area contributed by atoms with Crippen LogP contribution in [0.25, 0.3) is 0 Å². The molecule has 1 amide bonds. The summed E-state index contributed by atoms with van der Waals surface area (Å²) in [4.78, 5) is 19.8. The lowest BCUT2D eigenvalue weighted by Crippen LogP contribution is -2.44. The summed E-state index contributed by atoms with van der Waals surface area (Å²) in [5, 5.41) is 0. The Bertz CT molecular complexity index is 1210. The first-order chi connectivity index (χ1) is 17.0. The molecule has 2 atom stereocenters. The summed E-state index contributed by atoms with van der Waals surface area (Å²) in [6, 6.07) is 29.2. The molecule has 3 aromatic carbocycles. The van der Waals surface area contributed by atoms with E-state index in [2.05, 4.69) is 19.1 Å². The smallest absolute Gasteiger partial charge is 0.244 e. The van der Waals surface area contributed by atoms with Crippen molar-refractivity contribution in [2.24, 2.45) is 5.73 Å². The van der Waals surface area contributed by atoms with Gasteiger partial charge in [-0.15, -0.1) is 0 Å². The second kappa shape index (κ2) is 11.5. The van der Waals surface area contributed by atoms with Crippen LogP contribution < -0.4 is 10.6 Å². The van der Waals surface area contributed by atoms with Crippen LogP contribution in [-0.4, -0.2) is 16.9 Å². The van der Waals surface area contributed by atoms with Crippen molar-refractivity contribution in [3.63, 3.8) is 0 Å². The molecular formula is C30H30FN3O. The third kappa shape index (κ3) is 6.19. The zero-order chi connectivity index (χ0) is 24.6. The van der Waals surface area contributed by atoms with Crippen LogP contribution in [0.1, 0.15) is 41.6 Å². The Hall–Kier alpha value is -3.83. The Morgan fingerprint density at radius 2 is 1.54 bits per heavy atom. The molecule has 4 rings (SSSR count). The second-order valence-electron chi connectivity index (χ2n) is 8.66. The molecule has 2 N–H and O–H groups in total. The molecule has 2 unspecified atom stereocenters. The third-order valence-electron chi connectivity index (χ3n) is 6.18. The Morgan fingerprint density at radius 3 is 2.14 bits per heavy atom. The van der Waals surface area contributed by atoms with Crippen molar-refractivity contribution >= 4 is 11.6 Å². The molecule has 0 aliphatic heterocycles. The van der Waals surface area contributed by atoms with Gasteiger partial charge in [0.25, 0.3) is 0 Å². The van der Waals surface area contributed by atoms with E-state index in [1.165, 1.54) is 17.7 Å². The molecule has 0 radical (unpaired) electrons. The van der Waals surface area contributed by atoms with Gasteiger partial charge in [-0.25, -0.2) is 4.39 Å². The van der Waals surface area contributed by atoms with Gasteiger partial charge in [-0.3, -0.25) is 9.78 Å². The second-order valence-corrected chi connectivity index (χ2v) is 8.66. The Balaban J connectivity index is 1.56. The van der Waals surface area contributed by atoms with Gasteiger partial charge in [-0.2, -0.15) is 0 Å². The van der Waals surface area contributed by atoms with Gasteiger partial charge >= 0.3 is 0 Å². The number of anilines is 1. The third-order valence-corrected chi connectivity index (χ3v) is 6.18. The van der Waals surface area contributed by atoms with E-state index >= 15 is 0 Å². The van der Waals surface area contributed by atoms with Crippen LogP contribution in [0.4, 0.5) is 10.1 Å². The molecule has 0 spiro atoms. The number of nitrogens with zero attached hydrogens (tertiary/aromatic N) is 2. The SMILES string of the molecule is CCC(c1ccccc1)c1ccc(CN(C(=O)C(N)Cc2ccccc2)c2ccc(F)cc2)cn1. The predicted octanol–water partition coefficient (Wildman–Crippen LogP) is 5.87. The van der Waals surface area contributed by atoms with Gasteiger partial charge in [0.1, 0.15) is 5.82 Å². The van der Waals surface area contributed by atoms with Crippen molar-refractivity contribution in [3.8, 4) is 0 Å². The lowest BCUT2D eigenvalue weighted by atomic mass is 9.92. The average molecular weight is 468 g/mol. The molecule has 4 nitrogen and oxygen atoms in total. The number of aromatic nitrogens is 1. The first kappa shape index (κ1) is 24.3. The van der Waals surface area contributed by atoms with Crippen LogP contribution in [0.5, 0.6) is 0 Å². The summed E-state index contributed by atoms with van der Waals surface area (Å²) in [5.74, 6) is -0.369. The Morgan fingerprint density at radius 1 is 0.886 bits per heavy atom. The number of halogens is 1. The van der Waals surface area contributed by atoms with Crippen LogP contribution >= 0.6 is 0 Å². The van der Waals surface area contributed by atoms with Crippen LogP contribution in [0, 0.1) is 5.82 Å². The van der Waals surface area contributed by atoms with E-state index in [-0.39, 0.29) is 17.6 Å². The molecule has 35 heavy (non-hydrogen) atoms. The Kier molecular flexibility index (Phi) is 8.01. The zero-order valence-electron chi connectivity index (χ0n) is 19.8. The highest BCUT2D eigenvalue weighted by Gasteiger charge is 2.24. The molecule has 0 saturated carbocycles. The lowest BCUT2D eigenvalue weighted by molar-refractivity contribution is -0.120. The van der Waals surface area contributed by atoms with Crippen molar-refractivity contribution in [1.82, 2.24) is 4.98 Å². The van der Waals surface area contributed by atoms with Crippen molar-refractivity contribution < 1.29 is 9.18 Å². The maximum atomic E-state index is 13.6. The minimum Gasteiger partial charge on any atom is -0.320 e. The van der Waals surface area contributed by atoms with Crippen molar-refractivity contribution in [3.05, 3.63) is 131 Å². The molecule has 1 heterocycles. The van der Waals surface area contributed by atoms with Crippen LogP contribution in [-0.2, 0) is 17.8 Å². The monoisotopic (exact) mass is 467 g/mol. The molecule has 0 saturated heterocycles. The minimum atomic E-state index is -0.725. The molecule has 178 valence electrons. The fourth-order valence-corrected chi connectivity index (χ4v) is 4.29. The molecule has 0 aliphatic rings. The van der Waals surface area contributed by atoms with Crippen molar-refractivity contribution in [2.75, 3.05) is 4.90 Å². The number of amides is 1. The molecule has 1 aromatic heterocycles. The highest BCUT2D eigenvalue weighted by molar-refractivity contribution is 5.97. The highest BCUT2D eigenvalue weighted by Crippen LogP contribution is 2.27. The molecule has 0 aliphatic carbocycles. The van der Waals surface area contributed by atoms with Gasteiger partial charge in [0.05, 0.1) is 12.6 Å². The Labute approximate surface area is 206 Å². The molecular weight excluding hydrogens is 437 g/mol. The van der Waals surface area contributed by atoms with Gasteiger partial charge in [-0.1, -0.05) is 73.7 Å². The minimum absolute atomic E-state index is 0.208. The largest absolute Gasteiger partial charge is 0.320 e. The predicted molar refractivity (Wildman–Crippen MR) is 139 cm³/mol. The summed E-state index contributed by atoms with van der Waals surface area (Å²) in [5.41, 5.74) is 11.0. The van der Waals surface area contributed by atoms with Gasteiger partial charge in [-0.05, 0) is 59.9 Å². The normalized spacial score (nSPS) is 12.7. The summed E-state index contributed by atoms with van der Waals surface area (Å²) in [6.45, 7) is 2.44. The van der Waals surface area contributed by atoms with Gasteiger partial charge in [0.2, 0.25) is 5.91 Å². The zero-order valence-corrected chi connectivity index (χ0v) is 19.8. The number of benzene rings is 3. The molecule has 0 fully saturated rings. The number of rotatable bonds is 9. The maximum absolute atomic E-state index is 13.6.